The highest BCUT2D eigenvalue weighted by atomic mass is 79.9. The smallest absolute Gasteiger partial charge is 0.129 e. The van der Waals surface area contributed by atoms with Gasteiger partial charge in [0, 0.05) is 35.0 Å². The van der Waals surface area contributed by atoms with Gasteiger partial charge >= 0.3 is 0 Å². The lowest BCUT2D eigenvalue weighted by molar-refractivity contribution is 0.442. The average Bonchev–Trinajstić information content (AvgIpc) is 2.81. The second kappa shape index (κ2) is 6.55. The fourth-order valence-electron chi connectivity index (χ4n) is 2.47. The highest BCUT2D eigenvalue weighted by Crippen LogP contribution is 2.22. The van der Waals surface area contributed by atoms with Crippen LogP contribution < -0.4 is 5.32 Å². The van der Waals surface area contributed by atoms with Crippen LogP contribution in [-0.2, 0) is 6.54 Å². The van der Waals surface area contributed by atoms with E-state index in [9.17, 15) is 4.39 Å². The Labute approximate surface area is 128 Å². The van der Waals surface area contributed by atoms with E-state index in [2.05, 4.69) is 47.4 Å². The molecule has 2 aromatic rings. The fourth-order valence-corrected chi connectivity index (χ4v) is 2.81. The Morgan fingerprint density at radius 3 is 2.65 bits per heavy atom. The normalized spacial score (nSPS) is 12.9. The summed E-state index contributed by atoms with van der Waals surface area (Å²) in [6.45, 7) is 4.92. The Balaban J connectivity index is 2.17. The second-order valence-electron chi connectivity index (χ2n) is 5.36. The maximum Gasteiger partial charge on any atom is 0.129 e. The van der Waals surface area contributed by atoms with Gasteiger partial charge in [0.1, 0.15) is 5.82 Å². The van der Waals surface area contributed by atoms with E-state index in [1.54, 1.807) is 0 Å². The summed E-state index contributed by atoms with van der Waals surface area (Å²) in [4.78, 5) is 0. The number of rotatable bonds is 5. The molecule has 0 aliphatic heterocycles. The molecule has 2 nitrogen and oxygen atoms in total. The number of hydrogen-bond donors (Lipinski definition) is 1. The first kappa shape index (κ1) is 15.3. The molecule has 108 valence electrons. The minimum Gasteiger partial charge on any atom is -0.349 e. The number of benzene rings is 1. The highest BCUT2D eigenvalue weighted by Gasteiger charge is 2.14. The van der Waals surface area contributed by atoms with Crippen molar-refractivity contribution in [2.75, 3.05) is 7.05 Å². The zero-order chi connectivity index (χ0) is 14.7. The number of halogens is 2. The van der Waals surface area contributed by atoms with Gasteiger partial charge in [-0.1, -0.05) is 35.8 Å². The SMILES string of the molecule is CNC(c1ccn(Cc2ccc(Br)cc2F)c1)C(C)C. The van der Waals surface area contributed by atoms with Gasteiger partial charge in [0.25, 0.3) is 0 Å². The molecule has 0 saturated carbocycles. The van der Waals surface area contributed by atoms with Crippen molar-refractivity contribution in [3.8, 4) is 0 Å². The summed E-state index contributed by atoms with van der Waals surface area (Å²) in [6.07, 6.45) is 4.09. The first-order valence-corrected chi connectivity index (χ1v) is 7.57. The summed E-state index contributed by atoms with van der Waals surface area (Å²) >= 11 is 3.28. The van der Waals surface area contributed by atoms with Gasteiger partial charge in [-0.05, 0) is 36.7 Å². The molecule has 1 aromatic heterocycles. The quantitative estimate of drug-likeness (QED) is 0.857. The third-order valence-corrected chi connectivity index (χ3v) is 3.97. The van der Waals surface area contributed by atoms with Gasteiger partial charge in [0.15, 0.2) is 0 Å². The third-order valence-electron chi connectivity index (χ3n) is 3.48. The largest absolute Gasteiger partial charge is 0.349 e. The monoisotopic (exact) mass is 338 g/mol. The number of nitrogens with one attached hydrogen (secondary N) is 1. The number of hydrogen-bond acceptors (Lipinski definition) is 1. The molecule has 0 aliphatic carbocycles. The molecule has 4 heteroatoms. The molecule has 0 amide bonds. The summed E-state index contributed by atoms with van der Waals surface area (Å²) in [5.74, 6) is 0.337. The van der Waals surface area contributed by atoms with E-state index in [0.29, 0.717) is 24.1 Å². The Bertz CT molecular complexity index is 578. The Hall–Kier alpha value is -1.13. The van der Waals surface area contributed by atoms with Crippen molar-refractivity contribution >= 4 is 15.9 Å². The summed E-state index contributed by atoms with van der Waals surface area (Å²) in [7, 11) is 1.97. The molecule has 1 aromatic carbocycles. The molecule has 1 atom stereocenters. The first-order chi connectivity index (χ1) is 9.51. The van der Waals surface area contributed by atoms with Crippen LogP contribution >= 0.6 is 15.9 Å². The zero-order valence-corrected chi connectivity index (χ0v) is 13.6. The van der Waals surface area contributed by atoms with E-state index in [1.807, 2.05) is 29.9 Å². The third kappa shape index (κ3) is 3.49. The van der Waals surface area contributed by atoms with Gasteiger partial charge in [-0.2, -0.15) is 0 Å². The molecule has 20 heavy (non-hydrogen) atoms. The van der Waals surface area contributed by atoms with Gasteiger partial charge in [0.2, 0.25) is 0 Å². The summed E-state index contributed by atoms with van der Waals surface area (Å²) in [6, 6.07) is 7.61. The van der Waals surface area contributed by atoms with Crippen molar-refractivity contribution in [1.29, 1.82) is 0 Å². The van der Waals surface area contributed by atoms with E-state index in [0.717, 1.165) is 4.47 Å². The van der Waals surface area contributed by atoms with Crippen LogP contribution in [0.1, 0.15) is 31.0 Å². The van der Waals surface area contributed by atoms with Gasteiger partial charge < -0.3 is 9.88 Å². The lowest BCUT2D eigenvalue weighted by atomic mass is 9.99. The van der Waals surface area contributed by atoms with Crippen molar-refractivity contribution in [1.82, 2.24) is 9.88 Å². The van der Waals surface area contributed by atoms with Crippen LogP contribution in [0.4, 0.5) is 4.39 Å². The minimum absolute atomic E-state index is 0.177. The van der Waals surface area contributed by atoms with Crippen LogP contribution in [0.25, 0.3) is 0 Å². The summed E-state index contributed by atoms with van der Waals surface area (Å²) in [5, 5.41) is 3.32. The van der Waals surface area contributed by atoms with E-state index < -0.39 is 0 Å². The maximum atomic E-state index is 13.8. The van der Waals surface area contributed by atoms with Crippen LogP contribution in [0.2, 0.25) is 0 Å². The fraction of sp³-hybridized carbons (Fsp3) is 0.375. The van der Waals surface area contributed by atoms with Crippen molar-refractivity contribution in [3.63, 3.8) is 0 Å². The molecule has 0 saturated heterocycles. The Kier molecular flexibility index (Phi) is 5.00. The molecule has 0 aliphatic rings. The first-order valence-electron chi connectivity index (χ1n) is 6.78. The zero-order valence-electron chi connectivity index (χ0n) is 12.0. The van der Waals surface area contributed by atoms with E-state index in [4.69, 9.17) is 0 Å². The van der Waals surface area contributed by atoms with Crippen LogP contribution in [0.3, 0.4) is 0 Å². The average molecular weight is 339 g/mol. The molecule has 0 bridgehead atoms. The Morgan fingerprint density at radius 1 is 1.30 bits per heavy atom. The molecule has 1 N–H and O–H groups in total. The second-order valence-corrected chi connectivity index (χ2v) is 6.28. The molecule has 0 fully saturated rings. The van der Waals surface area contributed by atoms with Crippen molar-refractivity contribution in [2.45, 2.75) is 26.4 Å². The molecule has 1 unspecified atom stereocenters. The standard InChI is InChI=1S/C16H20BrFN2/c1-11(2)16(19-3)13-6-7-20(10-13)9-12-4-5-14(17)8-15(12)18/h4-8,10-11,16,19H,9H2,1-3H3. The van der Waals surface area contributed by atoms with Crippen LogP contribution in [0.15, 0.2) is 41.1 Å². The summed E-state index contributed by atoms with van der Waals surface area (Å²) < 4.78 is 16.6. The lowest BCUT2D eigenvalue weighted by Gasteiger charge is -2.18. The Morgan fingerprint density at radius 2 is 2.05 bits per heavy atom. The van der Waals surface area contributed by atoms with Gasteiger partial charge in [-0.15, -0.1) is 0 Å². The topological polar surface area (TPSA) is 17.0 Å². The molecular weight excluding hydrogens is 319 g/mol. The molecule has 1 heterocycles. The number of nitrogens with zero attached hydrogens (tertiary/aromatic N) is 1. The van der Waals surface area contributed by atoms with Crippen LogP contribution in [0.5, 0.6) is 0 Å². The van der Waals surface area contributed by atoms with Crippen LogP contribution in [-0.4, -0.2) is 11.6 Å². The lowest BCUT2D eigenvalue weighted by Crippen LogP contribution is -2.21. The molecule has 0 spiro atoms. The predicted molar refractivity (Wildman–Crippen MR) is 84.3 cm³/mol. The van der Waals surface area contributed by atoms with Crippen molar-refractivity contribution in [3.05, 3.63) is 58.1 Å². The van der Waals surface area contributed by atoms with Crippen LogP contribution in [0, 0.1) is 11.7 Å². The summed E-state index contributed by atoms with van der Waals surface area (Å²) in [5.41, 5.74) is 1.93. The number of aromatic nitrogens is 1. The van der Waals surface area contributed by atoms with Crippen molar-refractivity contribution in [2.24, 2.45) is 5.92 Å². The van der Waals surface area contributed by atoms with E-state index in [1.165, 1.54) is 11.6 Å². The molecule has 2 rings (SSSR count). The van der Waals surface area contributed by atoms with Gasteiger partial charge in [-0.3, -0.25) is 0 Å². The van der Waals surface area contributed by atoms with Gasteiger partial charge in [0.05, 0.1) is 0 Å². The predicted octanol–water partition coefficient (Wildman–Crippen LogP) is 4.35. The van der Waals surface area contributed by atoms with Gasteiger partial charge in [-0.25, -0.2) is 4.39 Å². The minimum atomic E-state index is -0.177. The highest BCUT2D eigenvalue weighted by molar-refractivity contribution is 9.10. The molecular formula is C16H20BrFN2. The van der Waals surface area contributed by atoms with E-state index >= 15 is 0 Å². The maximum absolute atomic E-state index is 13.8. The van der Waals surface area contributed by atoms with E-state index in [-0.39, 0.29) is 5.82 Å². The van der Waals surface area contributed by atoms with Crippen molar-refractivity contribution < 1.29 is 4.39 Å². The molecule has 0 radical (unpaired) electrons.